The molecular weight excluding hydrogens is 525 g/mol. The van der Waals surface area contributed by atoms with Gasteiger partial charge in [0.25, 0.3) is 0 Å². The molecule has 11 nitrogen and oxygen atoms in total. The second-order valence-electron chi connectivity index (χ2n) is 10.5. The lowest BCUT2D eigenvalue weighted by molar-refractivity contribution is -0.0524. The Morgan fingerprint density at radius 1 is 0.949 bits per heavy atom. The van der Waals surface area contributed by atoms with Crippen molar-refractivity contribution >= 4 is 13.4 Å². The second-order valence-corrected chi connectivity index (χ2v) is 12.4. The van der Waals surface area contributed by atoms with Crippen LogP contribution in [0.1, 0.15) is 103 Å². The summed E-state index contributed by atoms with van der Waals surface area (Å²) < 4.78 is 29.8. The van der Waals surface area contributed by atoms with E-state index in [1.54, 1.807) is 0 Å². The number of hydrogen-bond donors (Lipinski definition) is 4. The van der Waals surface area contributed by atoms with E-state index in [0.717, 1.165) is 62.7 Å². The lowest BCUT2D eigenvalue weighted by Crippen LogP contribution is -2.36. The van der Waals surface area contributed by atoms with Crippen LogP contribution in [-0.2, 0) is 18.6 Å². The summed E-state index contributed by atoms with van der Waals surface area (Å²) in [7, 11) is -3.88. The number of unbranched alkanes of at least 4 members (excludes halogenated alkanes) is 12. The highest BCUT2D eigenvalue weighted by Crippen LogP contribution is 2.44. The lowest BCUT2D eigenvalue weighted by atomic mass is 10.1. The van der Waals surface area contributed by atoms with Crippen LogP contribution in [0.3, 0.4) is 0 Å². The van der Waals surface area contributed by atoms with Gasteiger partial charge in [-0.05, 0) is 25.3 Å². The molecule has 2 rings (SSSR count). The number of aliphatic hydroxyl groups is 2. The summed E-state index contributed by atoms with van der Waals surface area (Å²) in [5, 5.41) is 20.6. The van der Waals surface area contributed by atoms with Crippen molar-refractivity contribution < 1.29 is 33.7 Å². The Labute approximate surface area is 232 Å². The van der Waals surface area contributed by atoms with Gasteiger partial charge < -0.3 is 34.8 Å². The molecule has 0 aromatic carbocycles. The number of aromatic nitrogens is 2. The Bertz CT molecular complexity index is 902. The summed E-state index contributed by atoms with van der Waals surface area (Å²) >= 11 is 0. The van der Waals surface area contributed by atoms with Crippen LogP contribution in [-0.4, -0.2) is 69.0 Å². The first kappa shape index (κ1) is 33.9. The maximum atomic E-state index is 12.4. The zero-order valence-corrected chi connectivity index (χ0v) is 24.4. The molecule has 0 spiro atoms. The fourth-order valence-electron chi connectivity index (χ4n) is 4.63. The van der Waals surface area contributed by atoms with Crippen molar-refractivity contribution in [1.29, 1.82) is 0 Å². The van der Waals surface area contributed by atoms with Gasteiger partial charge in [-0.3, -0.25) is 9.13 Å². The standard InChI is InChI=1S/C27H50N3O8P/c1-2-3-4-5-7-10-13-18-36-19-14-11-8-6-9-12-15-20-39(34,35)37-21-22-24(31)25(32)26(38-22)30-17-16-23(28)29-27(30)33/h16-17,22,24-26,31-32H,2-15,18-21H2,1H3,(H,34,35)(H2,28,29,33)/t22-,24?,25+,26-/m1/s1. The van der Waals surface area contributed by atoms with Gasteiger partial charge >= 0.3 is 13.3 Å². The van der Waals surface area contributed by atoms with Crippen molar-refractivity contribution in [2.45, 2.75) is 121 Å². The highest BCUT2D eigenvalue weighted by Gasteiger charge is 2.45. The summed E-state index contributed by atoms with van der Waals surface area (Å²) in [5.74, 6) is 0.0179. The third-order valence-corrected chi connectivity index (χ3v) is 8.46. The Kier molecular flexibility index (Phi) is 16.4. The summed E-state index contributed by atoms with van der Waals surface area (Å²) in [6.45, 7) is 3.54. The van der Waals surface area contributed by atoms with Gasteiger partial charge in [0, 0.05) is 25.6 Å². The third kappa shape index (κ3) is 13.3. The zero-order chi connectivity index (χ0) is 28.5. The number of hydrogen-bond acceptors (Lipinski definition) is 9. The van der Waals surface area contributed by atoms with Gasteiger partial charge in [-0.1, -0.05) is 77.6 Å². The molecule has 2 unspecified atom stereocenters. The molecule has 12 heteroatoms. The minimum absolute atomic E-state index is 0.00951. The SMILES string of the molecule is CCCCCCCCCOCCCCCCCCCP(=O)(O)OC[C@H]1O[C@@H](n2ccc(N)nc2=O)[C@@H](O)C1O. The van der Waals surface area contributed by atoms with E-state index in [1.807, 2.05) is 0 Å². The van der Waals surface area contributed by atoms with Crippen LogP contribution < -0.4 is 11.4 Å². The highest BCUT2D eigenvalue weighted by atomic mass is 31.2. The van der Waals surface area contributed by atoms with E-state index < -0.39 is 37.8 Å². The number of nitrogens with two attached hydrogens (primary N) is 1. The summed E-state index contributed by atoms with van der Waals surface area (Å²) in [5.41, 5.74) is 4.73. The molecule has 0 bridgehead atoms. The lowest BCUT2D eigenvalue weighted by Gasteiger charge is -2.18. The van der Waals surface area contributed by atoms with E-state index in [0.29, 0.717) is 6.42 Å². The van der Waals surface area contributed by atoms with Gasteiger partial charge in [-0.2, -0.15) is 4.98 Å². The molecule has 0 radical (unpaired) electrons. The fraction of sp³-hybridized carbons (Fsp3) is 0.852. The van der Waals surface area contributed by atoms with E-state index in [2.05, 4.69) is 11.9 Å². The molecule has 226 valence electrons. The average Bonchev–Trinajstić information content (AvgIpc) is 3.18. The monoisotopic (exact) mass is 575 g/mol. The molecule has 1 aromatic rings. The smallest absolute Gasteiger partial charge is 0.351 e. The van der Waals surface area contributed by atoms with E-state index in [1.165, 1.54) is 50.8 Å². The maximum Gasteiger partial charge on any atom is 0.351 e. The molecule has 1 aliphatic rings. The topological polar surface area (TPSA) is 166 Å². The number of anilines is 1. The van der Waals surface area contributed by atoms with Crippen molar-refractivity contribution in [3.8, 4) is 0 Å². The molecule has 1 aromatic heterocycles. The van der Waals surface area contributed by atoms with Crippen LogP contribution in [0.2, 0.25) is 0 Å². The number of aliphatic hydroxyl groups excluding tert-OH is 2. The predicted octanol–water partition coefficient (Wildman–Crippen LogP) is 4.14. The fourth-order valence-corrected chi connectivity index (χ4v) is 5.77. The van der Waals surface area contributed by atoms with Crippen LogP contribution in [0, 0.1) is 0 Å². The molecule has 0 aliphatic carbocycles. The van der Waals surface area contributed by atoms with Gasteiger partial charge in [0.1, 0.15) is 24.1 Å². The number of nitrogens with zero attached hydrogens (tertiary/aromatic N) is 2. The van der Waals surface area contributed by atoms with Crippen LogP contribution in [0.5, 0.6) is 0 Å². The first-order chi connectivity index (χ1) is 18.7. The van der Waals surface area contributed by atoms with Crippen molar-refractivity contribution in [3.05, 3.63) is 22.7 Å². The van der Waals surface area contributed by atoms with Gasteiger partial charge in [0.05, 0.1) is 6.61 Å². The van der Waals surface area contributed by atoms with Crippen LogP contribution in [0.4, 0.5) is 5.82 Å². The molecule has 39 heavy (non-hydrogen) atoms. The number of ether oxygens (including phenoxy) is 2. The minimum atomic E-state index is -3.88. The molecule has 1 aliphatic heterocycles. The first-order valence-corrected chi connectivity index (χ1v) is 16.4. The van der Waals surface area contributed by atoms with E-state index in [9.17, 15) is 24.5 Å². The second kappa shape index (κ2) is 18.9. The van der Waals surface area contributed by atoms with Crippen molar-refractivity contribution in [3.63, 3.8) is 0 Å². The molecule has 0 amide bonds. The Hall–Kier alpha value is -1.33. The molecule has 5 N–H and O–H groups in total. The van der Waals surface area contributed by atoms with Gasteiger partial charge in [-0.25, -0.2) is 4.79 Å². The molecule has 1 fully saturated rings. The Morgan fingerprint density at radius 3 is 2.10 bits per heavy atom. The Morgan fingerprint density at radius 2 is 1.51 bits per heavy atom. The first-order valence-electron chi connectivity index (χ1n) is 14.7. The number of nitrogen functional groups attached to an aromatic ring is 1. The van der Waals surface area contributed by atoms with E-state index >= 15 is 0 Å². The quantitative estimate of drug-likeness (QED) is 0.117. The number of rotatable bonds is 22. The molecular formula is C27H50N3O8P. The predicted molar refractivity (Wildman–Crippen MR) is 151 cm³/mol. The molecule has 0 saturated carbocycles. The minimum Gasteiger partial charge on any atom is -0.387 e. The molecule has 1 saturated heterocycles. The Balaban J connectivity index is 1.48. The summed E-state index contributed by atoms with van der Waals surface area (Å²) in [6, 6.07) is 1.36. The average molecular weight is 576 g/mol. The third-order valence-electron chi connectivity index (χ3n) is 7.03. The van der Waals surface area contributed by atoms with Crippen molar-refractivity contribution in [1.82, 2.24) is 9.55 Å². The summed E-state index contributed by atoms with van der Waals surface area (Å²) in [4.78, 5) is 25.7. The van der Waals surface area contributed by atoms with Gasteiger partial charge in [-0.15, -0.1) is 0 Å². The zero-order valence-electron chi connectivity index (χ0n) is 23.5. The van der Waals surface area contributed by atoms with E-state index in [4.69, 9.17) is 19.7 Å². The van der Waals surface area contributed by atoms with Crippen molar-refractivity contribution in [2.75, 3.05) is 31.7 Å². The van der Waals surface area contributed by atoms with Crippen LogP contribution in [0.25, 0.3) is 0 Å². The summed E-state index contributed by atoms with van der Waals surface area (Å²) in [6.07, 6.45) is 12.1. The normalized spacial score (nSPS) is 22.8. The van der Waals surface area contributed by atoms with Gasteiger partial charge in [0.2, 0.25) is 0 Å². The molecule has 2 heterocycles. The van der Waals surface area contributed by atoms with Crippen molar-refractivity contribution in [2.24, 2.45) is 0 Å². The maximum absolute atomic E-state index is 12.4. The van der Waals surface area contributed by atoms with Crippen LogP contribution in [0.15, 0.2) is 17.1 Å². The van der Waals surface area contributed by atoms with Gasteiger partial charge in [0.15, 0.2) is 6.23 Å². The van der Waals surface area contributed by atoms with Crippen LogP contribution >= 0.6 is 7.60 Å². The largest absolute Gasteiger partial charge is 0.387 e. The van der Waals surface area contributed by atoms with E-state index in [-0.39, 0.29) is 18.6 Å². The highest BCUT2D eigenvalue weighted by molar-refractivity contribution is 7.52. The molecule has 5 atom stereocenters.